The van der Waals surface area contributed by atoms with Crippen molar-refractivity contribution in [1.29, 1.82) is 0 Å². The van der Waals surface area contributed by atoms with Crippen LogP contribution in [-0.4, -0.2) is 5.97 Å². The molecule has 5 heteroatoms. The van der Waals surface area contributed by atoms with Crippen LogP contribution in [0.4, 0.5) is 5.69 Å². The SMILES string of the molecule is CC(N)=CC(=O)ONc1ccc(Cl)cc1. The van der Waals surface area contributed by atoms with Gasteiger partial charge in [0.1, 0.15) is 0 Å². The maximum absolute atomic E-state index is 11.0. The van der Waals surface area contributed by atoms with E-state index in [4.69, 9.17) is 22.2 Å². The molecule has 1 aromatic rings. The van der Waals surface area contributed by atoms with Crippen LogP contribution in [-0.2, 0) is 9.63 Å². The first-order valence-electron chi connectivity index (χ1n) is 4.24. The Hall–Kier alpha value is -1.68. The number of carbonyl (C=O) groups is 1. The van der Waals surface area contributed by atoms with E-state index in [1.54, 1.807) is 31.2 Å². The van der Waals surface area contributed by atoms with Crippen molar-refractivity contribution < 1.29 is 9.63 Å². The van der Waals surface area contributed by atoms with E-state index in [0.717, 1.165) is 0 Å². The van der Waals surface area contributed by atoms with Gasteiger partial charge in [-0.2, -0.15) is 0 Å². The fraction of sp³-hybridized carbons (Fsp3) is 0.100. The van der Waals surface area contributed by atoms with Gasteiger partial charge in [-0.1, -0.05) is 11.6 Å². The summed E-state index contributed by atoms with van der Waals surface area (Å²) < 4.78 is 0. The minimum absolute atomic E-state index is 0.387. The molecule has 0 aromatic heterocycles. The van der Waals surface area contributed by atoms with E-state index in [-0.39, 0.29) is 0 Å². The number of hydrogen-bond donors (Lipinski definition) is 2. The maximum atomic E-state index is 11.0. The number of allylic oxidation sites excluding steroid dienone is 1. The normalized spacial score (nSPS) is 10.9. The third-order valence-electron chi connectivity index (χ3n) is 1.46. The second kappa shape index (κ2) is 5.26. The molecule has 0 spiro atoms. The molecule has 1 aromatic carbocycles. The number of benzene rings is 1. The molecule has 0 aliphatic carbocycles. The van der Waals surface area contributed by atoms with Crippen LogP contribution in [0, 0.1) is 0 Å². The van der Waals surface area contributed by atoms with Gasteiger partial charge in [-0.3, -0.25) is 0 Å². The van der Waals surface area contributed by atoms with Gasteiger partial charge >= 0.3 is 5.97 Å². The Morgan fingerprint density at radius 1 is 1.47 bits per heavy atom. The minimum Gasteiger partial charge on any atom is -0.402 e. The lowest BCUT2D eigenvalue weighted by Gasteiger charge is -2.04. The fourth-order valence-electron chi connectivity index (χ4n) is 0.843. The minimum atomic E-state index is -0.551. The zero-order valence-electron chi connectivity index (χ0n) is 8.16. The molecule has 0 saturated carbocycles. The number of halogens is 1. The van der Waals surface area contributed by atoms with Gasteiger partial charge in [-0.25, -0.2) is 10.3 Å². The summed E-state index contributed by atoms with van der Waals surface area (Å²) in [5, 5.41) is 0.615. The Morgan fingerprint density at radius 3 is 2.60 bits per heavy atom. The molecule has 0 radical (unpaired) electrons. The van der Waals surface area contributed by atoms with Crippen LogP contribution < -0.4 is 11.2 Å². The largest absolute Gasteiger partial charge is 0.402 e. The number of carbonyl (C=O) groups excluding carboxylic acids is 1. The lowest BCUT2D eigenvalue weighted by Crippen LogP contribution is -2.09. The van der Waals surface area contributed by atoms with Crippen LogP contribution in [0.5, 0.6) is 0 Å². The zero-order valence-corrected chi connectivity index (χ0v) is 8.91. The number of nitrogens with two attached hydrogens (primary N) is 1. The quantitative estimate of drug-likeness (QED) is 0.612. The van der Waals surface area contributed by atoms with Crippen molar-refractivity contribution in [2.75, 3.05) is 5.48 Å². The van der Waals surface area contributed by atoms with Crippen molar-refractivity contribution in [3.8, 4) is 0 Å². The number of nitrogens with one attached hydrogen (secondary N) is 1. The van der Waals surface area contributed by atoms with Crippen LogP contribution in [0.1, 0.15) is 6.92 Å². The van der Waals surface area contributed by atoms with E-state index >= 15 is 0 Å². The Bertz CT molecular complexity index is 370. The van der Waals surface area contributed by atoms with Gasteiger partial charge in [0.05, 0.1) is 5.69 Å². The Labute approximate surface area is 92.6 Å². The van der Waals surface area contributed by atoms with Crippen molar-refractivity contribution in [2.24, 2.45) is 5.73 Å². The molecule has 0 amide bonds. The number of rotatable bonds is 3. The molecule has 0 unspecified atom stereocenters. The first kappa shape index (κ1) is 11.4. The van der Waals surface area contributed by atoms with Crippen LogP contribution in [0.2, 0.25) is 5.02 Å². The summed E-state index contributed by atoms with van der Waals surface area (Å²) in [5.41, 5.74) is 8.79. The first-order valence-corrected chi connectivity index (χ1v) is 4.62. The summed E-state index contributed by atoms with van der Waals surface area (Å²) in [4.78, 5) is 15.7. The molecule has 0 aliphatic heterocycles. The topological polar surface area (TPSA) is 64.4 Å². The summed E-state index contributed by atoms with van der Waals surface area (Å²) in [6, 6.07) is 6.74. The molecule has 0 saturated heterocycles. The van der Waals surface area contributed by atoms with Crippen LogP contribution in [0.25, 0.3) is 0 Å². The van der Waals surface area contributed by atoms with Crippen LogP contribution in [0.15, 0.2) is 36.0 Å². The molecule has 80 valence electrons. The average Bonchev–Trinajstić information content (AvgIpc) is 2.16. The molecular weight excluding hydrogens is 216 g/mol. The molecular formula is C10H11ClN2O2. The van der Waals surface area contributed by atoms with Crippen LogP contribution >= 0.6 is 11.6 Å². The molecule has 0 aliphatic rings. The lowest BCUT2D eigenvalue weighted by atomic mass is 10.3. The van der Waals surface area contributed by atoms with Gasteiger partial charge in [0.2, 0.25) is 0 Å². The van der Waals surface area contributed by atoms with Gasteiger partial charge in [0.15, 0.2) is 0 Å². The number of hydrogen-bond acceptors (Lipinski definition) is 4. The van der Waals surface area contributed by atoms with Gasteiger partial charge in [-0.05, 0) is 31.2 Å². The van der Waals surface area contributed by atoms with Gasteiger partial charge in [-0.15, -0.1) is 0 Å². The standard InChI is InChI=1S/C10H11ClN2O2/c1-7(12)6-10(14)15-13-9-4-2-8(11)3-5-9/h2-6,13H,12H2,1H3. The predicted octanol–water partition coefficient (Wildman–Crippen LogP) is 2.07. The lowest BCUT2D eigenvalue weighted by molar-refractivity contribution is -0.134. The summed E-state index contributed by atoms with van der Waals surface area (Å²) in [6.45, 7) is 1.60. The van der Waals surface area contributed by atoms with Crippen molar-refractivity contribution in [3.63, 3.8) is 0 Å². The van der Waals surface area contributed by atoms with E-state index in [1.165, 1.54) is 6.08 Å². The number of anilines is 1. The fourth-order valence-corrected chi connectivity index (χ4v) is 0.968. The maximum Gasteiger partial charge on any atom is 0.357 e. The Kier molecular flexibility index (Phi) is 4.00. The van der Waals surface area contributed by atoms with Crippen molar-refractivity contribution in [1.82, 2.24) is 0 Å². The highest BCUT2D eigenvalue weighted by Gasteiger charge is 1.98. The summed E-state index contributed by atoms with van der Waals surface area (Å²) in [5.74, 6) is -0.551. The monoisotopic (exact) mass is 226 g/mol. The predicted molar refractivity (Wildman–Crippen MR) is 59.1 cm³/mol. The second-order valence-electron chi connectivity index (χ2n) is 2.92. The molecule has 1 rings (SSSR count). The summed E-state index contributed by atoms with van der Waals surface area (Å²) >= 11 is 5.68. The van der Waals surface area contributed by atoms with E-state index in [2.05, 4.69) is 5.48 Å². The summed E-state index contributed by atoms with van der Waals surface area (Å²) in [6.07, 6.45) is 1.18. The van der Waals surface area contributed by atoms with E-state index < -0.39 is 5.97 Å². The Morgan fingerprint density at radius 2 is 2.07 bits per heavy atom. The van der Waals surface area contributed by atoms with E-state index in [0.29, 0.717) is 16.4 Å². The van der Waals surface area contributed by atoms with Gasteiger partial charge < -0.3 is 10.6 Å². The van der Waals surface area contributed by atoms with E-state index in [9.17, 15) is 4.79 Å². The molecule has 3 N–H and O–H groups in total. The Balaban J connectivity index is 2.47. The van der Waals surface area contributed by atoms with Crippen LogP contribution in [0.3, 0.4) is 0 Å². The molecule has 0 heterocycles. The summed E-state index contributed by atoms with van der Waals surface area (Å²) in [7, 11) is 0. The smallest absolute Gasteiger partial charge is 0.357 e. The van der Waals surface area contributed by atoms with Crippen molar-refractivity contribution in [2.45, 2.75) is 6.92 Å². The molecule has 0 fully saturated rings. The van der Waals surface area contributed by atoms with Gasteiger partial charge in [0.25, 0.3) is 0 Å². The first-order chi connectivity index (χ1) is 7.08. The van der Waals surface area contributed by atoms with Crippen molar-refractivity contribution >= 4 is 23.3 Å². The highest BCUT2D eigenvalue weighted by molar-refractivity contribution is 6.30. The molecule has 0 atom stereocenters. The third-order valence-corrected chi connectivity index (χ3v) is 1.71. The second-order valence-corrected chi connectivity index (χ2v) is 3.35. The highest BCUT2D eigenvalue weighted by Crippen LogP contribution is 2.13. The van der Waals surface area contributed by atoms with Crippen molar-refractivity contribution in [3.05, 3.63) is 41.1 Å². The average molecular weight is 227 g/mol. The van der Waals surface area contributed by atoms with Gasteiger partial charge in [0, 0.05) is 16.8 Å². The van der Waals surface area contributed by atoms with E-state index in [1.807, 2.05) is 0 Å². The third kappa shape index (κ3) is 4.37. The molecule has 0 bridgehead atoms. The highest BCUT2D eigenvalue weighted by atomic mass is 35.5. The molecule has 15 heavy (non-hydrogen) atoms. The molecule has 4 nitrogen and oxygen atoms in total. The zero-order chi connectivity index (χ0) is 11.3.